The molecule has 0 amide bonds. The van der Waals surface area contributed by atoms with E-state index in [-0.39, 0.29) is 12.2 Å². The monoisotopic (exact) mass is 342 g/mol. The molecular weight excluding hydrogens is 320 g/mol. The van der Waals surface area contributed by atoms with E-state index in [1.54, 1.807) is 30.3 Å². The molecule has 0 heterocycles. The number of ether oxygens (including phenoxy) is 1. The number of carbonyl (C=O) groups is 1. The van der Waals surface area contributed by atoms with Crippen LogP contribution >= 0.6 is 0 Å². The second kappa shape index (κ2) is 10.2. The second-order valence-corrected chi connectivity index (χ2v) is 5.50. The molecule has 132 valence electrons. The molecule has 25 heavy (non-hydrogen) atoms. The van der Waals surface area contributed by atoms with Crippen molar-refractivity contribution in [2.75, 3.05) is 13.2 Å². The summed E-state index contributed by atoms with van der Waals surface area (Å²) in [6.45, 7) is 0.881. The number of rotatable bonds is 10. The molecule has 0 aromatic heterocycles. The molecule has 2 aromatic carbocycles. The van der Waals surface area contributed by atoms with Crippen LogP contribution in [0.15, 0.2) is 58.8 Å². The zero-order valence-corrected chi connectivity index (χ0v) is 14.0. The maximum absolute atomic E-state index is 11.1. The lowest BCUT2D eigenvalue weighted by molar-refractivity contribution is 0.0697. The fourth-order valence-corrected chi connectivity index (χ4v) is 2.22. The number of aliphatic hydroxyl groups excluding tert-OH is 1. The van der Waals surface area contributed by atoms with E-state index in [2.05, 4.69) is 10.2 Å². The van der Waals surface area contributed by atoms with E-state index in [1.807, 2.05) is 12.1 Å². The van der Waals surface area contributed by atoms with Gasteiger partial charge in [-0.15, -0.1) is 5.11 Å². The number of nitrogens with zero attached hydrogens (tertiary/aromatic N) is 2. The minimum absolute atomic E-state index is 0.118. The zero-order valence-electron chi connectivity index (χ0n) is 14.0. The highest BCUT2D eigenvalue weighted by atomic mass is 16.5. The molecule has 0 saturated heterocycles. The van der Waals surface area contributed by atoms with Gasteiger partial charge in [-0.05, 0) is 55.7 Å². The van der Waals surface area contributed by atoms with Crippen LogP contribution in [-0.4, -0.2) is 29.4 Å². The average Bonchev–Trinajstić information content (AvgIpc) is 2.64. The standard InChI is InChI=1S/C19H22N2O4/c22-13-5-1-2-6-14-25-16-11-9-15(10-12-16)20-21-18-8-4-3-7-17(18)19(23)24/h3-4,7-12,22H,1-2,5-6,13-14H2,(H,23,24). The van der Waals surface area contributed by atoms with E-state index in [0.717, 1.165) is 31.4 Å². The number of benzene rings is 2. The summed E-state index contributed by atoms with van der Waals surface area (Å²) in [5, 5.41) is 25.9. The predicted octanol–water partition coefficient (Wildman–Crippen LogP) is 4.73. The van der Waals surface area contributed by atoms with E-state index in [0.29, 0.717) is 18.0 Å². The Kier molecular flexibility index (Phi) is 7.59. The normalized spacial score (nSPS) is 10.9. The first-order chi connectivity index (χ1) is 12.2. The quantitative estimate of drug-likeness (QED) is 0.482. The lowest BCUT2D eigenvalue weighted by atomic mass is 10.2. The van der Waals surface area contributed by atoms with Gasteiger partial charge in [-0.25, -0.2) is 4.79 Å². The highest BCUT2D eigenvalue weighted by molar-refractivity contribution is 5.93. The Morgan fingerprint density at radius 1 is 0.920 bits per heavy atom. The summed E-state index contributed by atoms with van der Waals surface area (Å²) in [4.78, 5) is 11.1. The molecule has 0 saturated carbocycles. The molecule has 0 aliphatic rings. The van der Waals surface area contributed by atoms with E-state index in [1.165, 1.54) is 6.07 Å². The van der Waals surface area contributed by atoms with Crippen molar-refractivity contribution in [3.63, 3.8) is 0 Å². The third kappa shape index (κ3) is 6.35. The van der Waals surface area contributed by atoms with Gasteiger partial charge in [0.05, 0.1) is 17.9 Å². The second-order valence-electron chi connectivity index (χ2n) is 5.50. The van der Waals surface area contributed by atoms with Crippen LogP contribution < -0.4 is 4.74 Å². The topological polar surface area (TPSA) is 91.5 Å². The van der Waals surface area contributed by atoms with Crippen LogP contribution in [0.3, 0.4) is 0 Å². The first kappa shape index (κ1) is 18.6. The summed E-state index contributed by atoms with van der Waals surface area (Å²) >= 11 is 0. The minimum Gasteiger partial charge on any atom is -0.494 e. The summed E-state index contributed by atoms with van der Waals surface area (Å²) < 4.78 is 5.64. The largest absolute Gasteiger partial charge is 0.494 e. The first-order valence-electron chi connectivity index (χ1n) is 8.28. The first-order valence-corrected chi connectivity index (χ1v) is 8.28. The highest BCUT2D eigenvalue weighted by Crippen LogP contribution is 2.24. The molecule has 2 rings (SSSR count). The number of aliphatic hydroxyl groups is 1. The molecule has 0 aliphatic heterocycles. The van der Waals surface area contributed by atoms with E-state index < -0.39 is 5.97 Å². The van der Waals surface area contributed by atoms with Gasteiger partial charge in [-0.2, -0.15) is 5.11 Å². The van der Waals surface area contributed by atoms with Gasteiger partial charge < -0.3 is 14.9 Å². The maximum Gasteiger partial charge on any atom is 0.337 e. The molecule has 0 spiro atoms. The molecule has 0 atom stereocenters. The van der Waals surface area contributed by atoms with Crippen molar-refractivity contribution in [1.29, 1.82) is 0 Å². The van der Waals surface area contributed by atoms with Crippen LogP contribution in [0.2, 0.25) is 0 Å². The summed E-state index contributed by atoms with van der Waals surface area (Å²) in [7, 11) is 0. The molecule has 0 fully saturated rings. The van der Waals surface area contributed by atoms with Gasteiger partial charge in [0.15, 0.2) is 0 Å². The number of aromatic carboxylic acids is 1. The highest BCUT2D eigenvalue weighted by Gasteiger charge is 2.07. The van der Waals surface area contributed by atoms with Gasteiger partial charge in [0.2, 0.25) is 0 Å². The van der Waals surface area contributed by atoms with Crippen LogP contribution in [0.4, 0.5) is 11.4 Å². The van der Waals surface area contributed by atoms with Crippen LogP contribution in [-0.2, 0) is 0 Å². The van der Waals surface area contributed by atoms with Gasteiger partial charge in [-0.3, -0.25) is 0 Å². The van der Waals surface area contributed by atoms with Gasteiger partial charge in [0.25, 0.3) is 0 Å². The fourth-order valence-electron chi connectivity index (χ4n) is 2.22. The van der Waals surface area contributed by atoms with E-state index in [9.17, 15) is 4.79 Å². The Morgan fingerprint density at radius 3 is 2.36 bits per heavy atom. The van der Waals surface area contributed by atoms with Crippen molar-refractivity contribution in [1.82, 2.24) is 0 Å². The Bertz CT molecular complexity index is 699. The van der Waals surface area contributed by atoms with Crippen LogP contribution in [0.5, 0.6) is 5.75 Å². The number of carboxylic acid groups (broad SMARTS) is 1. The summed E-state index contributed by atoms with van der Waals surface area (Å²) in [5.41, 5.74) is 1.06. The average molecular weight is 342 g/mol. The van der Waals surface area contributed by atoms with Gasteiger partial charge in [0, 0.05) is 6.61 Å². The molecule has 2 aromatic rings. The number of azo groups is 1. The molecule has 0 radical (unpaired) electrons. The van der Waals surface area contributed by atoms with Crippen molar-refractivity contribution in [2.45, 2.75) is 25.7 Å². The van der Waals surface area contributed by atoms with Gasteiger partial charge in [-0.1, -0.05) is 18.6 Å². The fraction of sp³-hybridized carbons (Fsp3) is 0.316. The molecule has 2 N–H and O–H groups in total. The van der Waals surface area contributed by atoms with Crippen LogP contribution in [0.1, 0.15) is 36.0 Å². The van der Waals surface area contributed by atoms with Crippen molar-refractivity contribution >= 4 is 17.3 Å². The molecule has 0 unspecified atom stereocenters. The zero-order chi connectivity index (χ0) is 17.9. The lowest BCUT2D eigenvalue weighted by Gasteiger charge is -2.06. The number of hydrogen-bond acceptors (Lipinski definition) is 5. The van der Waals surface area contributed by atoms with Crippen molar-refractivity contribution < 1.29 is 19.7 Å². The Hall–Kier alpha value is -2.73. The Balaban J connectivity index is 1.87. The van der Waals surface area contributed by atoms with Crippen molar-refractivity contribution in [2.24, 2.45) is 10.2 Å². The van der Waals surface area contributed by atoms with Crippen LogP contribution in [0, 0.1) is 0 Å². The maximum atomic E-state index is 11.1. The Labute approximate surface area is 146 Å². The number of hydrogen-bond donors (Lipinski definition) is 2. The molecule has 6 nitrogen and oxygen atoms in total. The lowest BCUT2D eigenvalue weighted by Crippen LogP contribution is -1.97. The van der Waals surface area contributed by atoms with Gasteiger partial charge >= 0.3 is 5.97 Å². The molecule has 6 heteroatoms. The summed E-state index contributed by atoms with van der Waals surface area (Å²) in [6, 6.07) is 13.6. The SMILES string of the molecule is O=C(O)c1ccccc1N=Nc1ccc(OCCCCCCO)cc1. The Morgan fingerprint density at radius 2 is 1.64 bits per heavy atom. The van der Waals surface area contributed by atoms with E-state index >= 15 is 0 Å². The minimum atomic E-state index is -1.03. The van der Waals surface area contributed by atoms with Gasteiger partial charge in [0.1, 0.15) is 11.4 Å². The van der Waals surface area contributed by atoms with Crippen molar-refractivity contribution in [3.8, 4) is 5.75 Å². The number of unbranched alkanes of at least 4 members (excludes halogenated alkanes) is 3. The molecular formula is C19H22N2O4. The van der Waals surface area contributed by atoms with Crippen molar-refractivity contribution in [3.05, 3.63) is 54.1 Å². The van der Waals surface area contributed by atoms with E-state index in [4.69, 9.17) is 14.9 Å². The third-order valence-corrected chi connectivity index (χ3v) is 3.57. The molecule has 0 aliphatic carbocycles. The molecule has 0 bridgehead atoms. The smallest absolute Gasteiger partial charge is 0.337 e. The number of carboxylic acids is 1. The summed E-state index contributed by atoms with van der Waals surface area (Å²) in [5.74, 6) is -0.274. The predicted molar refractivity (Wildman–Crippen MR) is 95.1 cm³/mol. The van der Waals surface area contributed by atoms with Crippen LogP contribution in [0.25, 0.3) is 0 Å². The third-order valence-electron chi connectivity index (χ3n) is 3.57. The summed E-state index contributed by atoms with van der Waals surface area (Å²) in [6.07, 6.45) is 3.84.